The second kappa shape index (κ2) is 5.60. The molecule has 21 heavy (non-hydrogen) atoms. The van der Waals surface area contributed by atoms with E-state index in [0.29, 0.717) is 5.75 Å². The number of alkyl halides is 3. The molecule has 0 aliphatic rings. The maximum Gasteiger partial charge on any atom is 0.416 e. The van der Waals surface area contributed by atoms with Crippen molar-refractivity contribution in [3.63, 3.8) is 0 Å². The fraction of sp³-hybridized carbons (Fsp3) is 0.200. The van der Waals surface area contributed by atoms with Gasteiger partial charge >= 0.3 is 6.18 Å². The van der Waals surface area contributed by atoms with E-state index < -0.39 is 11.7 Å². The smallest absolute Gasteiger partial charge is 0.416 e. The average molecular weight is 360 g/mol. The number of benzene rings is 2. The minimum absolute atomic E-state index is 0.00498. The lowest BCUT2D eigenvalue weighted by molar-refractivity contribution is -0.137. The molecule has 0 atom stereocenters. The molecule has 0 fully saturated rings. The zero-order valence-electron chi connectivity index (χ0n) is 11.4. The first kappa shape index (κ1) is 15.7. The van der Waals surface area contributed by atoms with Crippen LogP contribution in [0.3, 0.4) is 0 Å². The second-order valence-corrected chi connectivity index (χ2v) is 5.55. The quantitative estimate of drug-likeness (QED) is 0.722. The molecule has 0 amide bonds. The Bertz CT molecular complexity index is 660. The number of hydrogen-bond acceptors (Lipinski definition) is 2. The van der Waals surface area contributed by atoms with Gasteiger partial charge in [-0.2, -0.15) is 13.2 Å². The summed E-state index contributed by atoms with van der Waals surface area (Å²) in [6.45, 7) is 3.76. The lowest BCUT2D eigenvalue weighted by Gasteiger charge is -2.13. The van der Waals surface area contributed by atoms with Crippen molar-refractivity contribution >= 4 is 21.6 Å². The zero-order chi connectivity index (χ0) is 15.8. The normalized spacial score (nSPS) is 11.5. The number of hydrogen-bond donors (Lipinski definition) is 1. The van der Waals surface area contributed by atoms with Gasteiger partial charge in [0.25, 0.3) is 0 Å². The zero-order valence-corrected chi connectivity index (χ0v) is 13.0. The van der Waals surface area contributed by atoms with E-state index in [9.17, 15) is 13.2 Å². The Morgan fingerprint density at radius 3 is 2.00 bits per heavy atom. The van der Waals surface area contributed by atoms with Crippen molar-refractivity contribution in [1.29, 1.82) is 0 Å². The summed E-state index contributed by atoms with van der Waals surface area (Å²) in [4.78, 5) is 0. The van der Waals surface area contributed by atoms with Crippen LogP contribution in [-0.4, -0.2) is 0 Å². The fourth-order valence-corrected chi connectivity index (χ4v) is 2.17. The summed E-state index contributed by atoms with van der Waals surface area (Å²) < 4.78 is 44.7. The minimum atomic E-state index is -4.46. The molecule has 0 aliphatic heterocycles. The third kappa shape index (κ3) is 3.69. The predicted octanol–water partition coefficient (Wildman–Crippen LogP) is 5.46. The molecule has 2 nitrogen and oxygen atoms in total. The van der Waals surface area contributed by atoms with Gasteiger partial charge in [-0.1, -0.05) is 15.9 Å². The van der Waals surface area contributed by atoms with Gasteiger partial charge in [0.05, 0.1) is 5.56 Å². The molecule has 2 rings (SSSR count). The van der Waals surface area contributed by atoms with E-state index >= 15 is 0 Å². The Kier molecular flexibility index (Phi) is 4.18. The lowest BCUT2D eigenvalue weighted by Crippen LogP contribution is -2.06. The van der Waals surface area contributed by atoms with Gasteiger partial charge in [-0.05, 0) is 49.2 Å². The number of nitrogens with two attached hydrogens (primary N) is 1. The first-order valence-electron chi connectivity index (χ1n) is 6.09. The molecular weight excluding hydrogens is 347 g/mol. The van der Waals surface area contributed by atoms with E-state index in [1.807, 2.05) is 13.8 Å². The molecule has 0 unspecified atom stereocenters. The highest BCUT2D eigenvalue weighted by Crippen LogP contribution is 2.35. The van der Waals surface area contributed by atoms with E-state index in [0.717, 1.165) is 27.7 Å². The van der Waals surface area contributed by atoms with Gasteiger partial charge in [0, 0.05) is 16.2 Å². The van der Waals surface area contributed by atoms with Crippen LogP contribution in [0.2, 0.25) is 0 Å². The predicted molar refractivity (Wildman–Crippen MR) is 79.5 cm³/mol. The van der Waals surface area contributed by atoms with Crippen LogP contribution in [0.4, 0.5) is 18.9 Å². The van der Waals surface area contributed by atoms with E-state index in [-0.39, 0.29) is 11.4 Å². The fourth-order valence-electron chi connectivity index (χ4n) is 1.95. The van der Waals surface area contributed by atoms with Gasteiger partial charge in [0.15, 0.2) is 0 Å². The number of nitrogen functional groups attached to an aromatic ring is 1. The van der Waals surface area contributed by atoms with Crippen LogP contribution < -0.4 is 10.5 Å². The molecule has 0 radical (unpaired) electrons. The Morgan fingerprint density at radius 1 is 0.952 bits per heavy atom. The maximum atomic E-state index is 12.8. The molecule has 0 bridgehead atoms. The van der Waals surface area contributed by atoms with Crippen molar-refractivity contribution in [2.75, 3.05) is 5.73 Å². The number of ether oxygens (including phenoxy) is 1. The van der Waals surface area contributed by atoms with Gasteiger partial charge in [-0.25, -0.2) is 0 Å². The molecule has 0 spiro atoms. The number of anilines is 1. The lowest BCUT2D eigenvalue weighted by atomic mass is 10.1. The summed E-state index contributed by atoms with van der Waals surface area (Å²) >= 11 is 3.42. The van der Waals surface area contributed by atoms with Crippen LogP contribution in [-0.2, 0) is 6.18 Å². The maximum absolute atomic E-state index is 12.8. The third-order valence-corrected chi connectivity index (χ3v) is 4.15. The van der Waals surface area contributed by atoms with Gasteiger partial charge in [0.1, 0.15) is 11.5 Å². The van der Waals surface area contributed by atoms with Gasteiger partial charge < -0.3 is 10.5 Å². The van der Waals surface area contributed by atoms with Crippen LogP contribution in [0.1, 0.15) is 16.7 Å². The van der Waals surface area contributed by atoms with Crippen LogP contribution >= 0.6 is 15.9 Å². The average Bonchev–Trinajstić information content (AvgIpc) is 2.34. The molecule has 0 saturated heterocycles. The highest BCUT2D eigenvalue weighted by molar-refractivity contribution is 9.10. The van der Waals surface area contributed by atoms with Crippen molar-refractivity contribution in [2.24, 2.45) is 0 Å². The number of halogens is 4. The van der Waals surface area contributed by atoms with Crippen molar-refractivity contribution in [3.05, 3.63) is 51.5 Å². The molecule has 0 aliphatic carbocycles. The second-order valence-electron chi connectivity index (χ2n) is 4.76. The Hall–Kier alpha value is -1.69. The van der Waals surface area contributed by atoms with E-state index in [2.05, 4.69) is 15.9 Å². The molecule has 2 N–H and O–H groups in total. The third-order valence-electron chi connectivity index (χ3n) is 2.90. The highest BCUT2D eigenvalue weighted by atomic mass is 79.9. The van der Waals surface area contributed by atoms with E-state index in [4.69, 9.17) is 10.5 Å². The monoisotopic (exact) mass is 359 g/mol. The summed E-state index contributed by atoms with van der Waals surface area (Å²) in [5, 5.41) is 0. The van der Waals surface area contributed by atoms with Gasteiger partial charge in [0.2, 0.25) is 0 Å². The molecular formula is C15H13BrF3NO. The van der Waals surface area contributed by atoms with Crippen LogP contribution in [0.5, 0.6) is 11.5 Å². The summed E-state index contributed by atoms with van der Waals surface area (Å²) in [7, 11) is 0. The molecule has 0 saturated carbocycles. The van der Waals surface area contributed by atoms with Crippen LogP contribution in [0.15, 0.2) is 34.8 Å². The molecule has 2 aromatic rings. The highest BCUT2D eigenvalue weighted by Gasteiger charge is 2.31. The summed E-state index contributed by atoms with van der Waals surface area (Å²) in [6.07, 6.45) is -4.46. The molecule has 6 heteroatoms. The van der Waals surface area contributed by atoms with Gasteiger partial charge in [-0.15, -0.1) is 0 Å². The summed E-state index contributed by atoms with van der Waals surface area (Å²) in [5.41, 5.74) is 6.55. The van der Waals surface area contributed by atoms with Crippen molar-refractivity contribution in [1.82, 2.24) is 0 Å². The Balaban J connectivity index is 2.38. The summed E-state index contributed by atoms with van der Waals surface area (Å²) in [6, 6.07) is 6.66. The molecule has 0 heterocycles. The summed E-state index contributed by atoms with van der Waals surface area (Å²) in [5.74, 6) is 0.523. The largest absolute Gasteiger partial charge is 0.457 e. The molecule has 2 aromatic carbocycles. The Labute approximate surface area is 128 Å². The first-order valence-corrected chi connectivity index (χ1v) is 6.88. The Morgan fingerprint density at radius 2 is 1.48 bits per heavy atom. The van der Waals surface area contributed by atoms with Crippen molar-refractivity contribution in [2.45, 2.75) is 20.0 Å². The van der Waals surface area contributed by atoms with E-state index in [1.165, 1.54) is 6.07 Å². The van der Waals surface area contributed by atoms with Crippen molar-refractivity contribution in [3.8, 4) is 11.5 Å². The first-order chi connectivity index (χ1) is 9.66. The van der Waals surface area contributed by atoms with Crippen LogP contribution in [0.25, 0.3) is 0 Å². The number of rotatable bonds is 2. The van der Waals surface area contributed by atoms with Crippen molar-refractivity contribution < 1.29 is 17.9 Å². The topological polar surface area (TPSA) is 35.2 Å². The van der Waals surface area contributed by atoms with E-state index in [1.54, 1.807) is 12.1 Å². The van der Waals surface area contributed by atoms with Crippen LogP contribution in [0, 0.1) is 13.8 Å². The standard InChI is InChI=1S/C15H13BrF3NO/c1-8-3-12(4-9(2)14(8)16)21-13-6-10(15(17,18)19)5-11(20)7-13/h3-7H,20H2,1-2H3. The molecule has 0 aromatic heterocycles. The van der Waals surface area contributed by atoms with Gasteiger partial charge in [-0.3, -0.25) is 0 Å². The SMILES string of the molecule is Cc1cc(Oc2cc(N)cc(C(F)(F)F)c2)cc(C)c1Br. The molecule has 112 valence electrons. The minimum Gasteiger partial charge on any atom is -0.457 e. The number of aryl methyl sites for hydroxylation is 2.